The van der Waals surface area contributed by atoms with Crippen LogP contribution < -0.4 is 9.64 Å². The summed E-state index contributed by atoms with van der Waals surface area (Å²) in [6.45, 7) is 2.10. The minimum atomic E-state index is -0.538. The Hall–Kier alpha value is -3.17. The zero-order chi connectivity index (χ0) is 23.5. The molecule has 0 saturated carbocycles. The minimum absolute atomic E-state index is 0.0599. The molecule has 0 radical (unpaired) electrons. The van der Waals surface area contributed by atoms with Crippen LogP contribution in [0.3, 0.4) is 0 Å². The van der Waals surface area contributed by atoms with Crippen LogP contribution in [-0.4, -0.2) is 71.8 Å². The number of benzene rings is 2. The van der Waals surface area contributed by atoms with Gasteiger partial charge >= 0.3 is 0 Å². The first kappa shape index (κ1) is 23.0. The number of methoxy groups -OCH3 is 1. The third-order valence-corrected chi connectivity index (χ3v) is 6.68. The Morgan fingerprint density at radius 2 is 1.85 bits per heavy atom. The third kappa shape index (κ3) is 4.94. The van der Waals surface area contributed by atoms with Gasteiger partial charge in [0.25, 0.3) is 11.1 Å². The number of hydrogen-bond donors (Lipinski definition) is 1. The predicted octanol–water partition coefficient (Wildman–Crippen LogP) is 3.44. The number of aromatic hydroxyl groups is 1. The van der Waals surface area contributed by atoms with E-state index in [2.05, 4.69) is 4.90 Å². The third-order valence-electron chi connectivity index (χ3n) is 5.49. The Labute approximate surface area is 200 Å². The minimum Gasteiger partial charge on any atom is -0.503 e. The lowest BCUT2D eigenvalue weighted by Gasteiger charge is -2.36. The van der Waals surface area contributed by atoms with Crippen molar-refractivity contribution in [1.82, 2.24) is 9.80 Å². The van der Waals surface area contributed by atoms with Crippen molar-refractivity contribution in [3.63, 3.8) is 0 Å². The first-order valence-electron chi connectivity index (χ1n) is 10.3. The van der Waals surface area contributed by atoms with Crippen LogP contribution in [-0.2, 0) is 9.59 Å². The summed E-state index contributed by atoms with van der Waals surface area (Å²) in [6, 6.07) is 12.9. The summed E-state index contributed by atoms with van der Waals surface area (Å²) >= 11 is 6.76. The molecule has 8 nitrogen and oxygen atoms in total. The zero-order valence-electron chi connectivity index (χ0n) is 17.9. The number of phenolic OH excluding ortho intramolecular Hbond substituents is 1. The van der Waals surface area contributed by atoms with Crippen LogP contribution in [0.2, 0.25) is 5.02 Å². The highest BCUT2D eigenvalue weighted by Crippen LogP contribution is 2.38. The van der Waals surface area contributed by atoms with E-state index in [0.29, 0.717) is 31.7 Å². The van der Waals surface area contributed by atoms with Gasteiger partial charge in [0.05, 0.1) is 17.0 Å². The summed E-state index contributed by atoms with van der Waals surface area (Å²) in [5.74, 6) is -0.856. The number of carbonyl (C=O) groups excluding carboxylic acids is 3. The van der Waals surface area contributed by atoms with Gasteiger partial charge in [-0.3, -0.25) is 19.3 Å². The van der Waals surface area contributed by atoms with E-state index in [1.54, 1.807) is 4.90 Å². The number of ether oxygens (including phenoxy) is 1. The molecule has 0 spiro atoms. The van der Waals surface area contributed by atoms with Crippen LogP contribution in [0.4, 0.5) is 10.5 Å². The molecule has 33 heavy (non-hydrogen) atoms. The average Bonchev–Trinajstić information content (AvgIpc) is 3.09. The Kier molecular flexibility index (Phi) is 6.80. The molecule has 0 atom stereocenters. The van der Waals surface area contributed by atoms with E-state index in [9.17, 15) is 19.5 Å². The van der Waals surface area contributed by atoms with E-state index in [1.165, 1.54) is 25.3 Å². The van der Waals surface area contributed by atoms with E-state index < -0.39 is 11.1 Å². The highest BCUT2D eigenvalue weighted by molar-refractivity contribution is 8.18. The number of amides is 3. The SMILES string of the molecule is COc1cc(/C=C2\SC(=O)N(CC(=O)N3CCN(c4ccccc4)CC3)C2=O)cc(Cl)c1O. The standard InChI is InChI=1S/C23H22ClN3O5S/c1-32-18-12-15(11-17(24)21(18)29)13-19-22(30)27(23(31)33-19)14-20(28)26-9-7-25(8-10-26)16-5-3-2-4-6-16/h2-6,11-13,29H,7-10,14H2,1H3/b19-13-. The number of thioether (sulfide) groups is 1. The lowest BCUT2D eigenvalue weighted by molar-refractivity contribution is -0.136. The second-order valence-electron chi connectivity index (χ2n) is 7.52. The molecule has 172 valence electrons. The zero-order valence-corrected chi connectivity index (χ0v) is 19.4. The fourth-order valence-electron chi connectivity index (χ4n) is 3.71. The Morgan fingerprint density at radius 1 is 1.15 bits per heavy atom. The topological polar surface area (TPSA) is 90.4 Å². The van der Waals surface area contributed by atoms with Gasteiger partial charge in [-0.1, -0.05) is 29.8 Å². The maximum absolute atomic E-state index is 12.8. The van der Waals surface area contributed by atoms with E-state index in [-0.39, 0.29) is 33.9 Å². The first-order valence-corrected chi connectivity index (χ1v) is 11.5. The van der Waals surface area contributed by atoms with Crippen LogP contribution in [0.25, 0.3) is 6.08 Å². The van der Waals surface area contributed by atoms with Crippen molar-refractivity contribution in [1.29, 1.82) is 0 Å². The van der Waals surface area contributed by atoms with Crippen molar-refractivity contribution in [2.45, 2.75) is 0 Å². The first-order chi connectivity index (χ1) is 15.9. The van der Waals surface area contributed by atoms with Gasteiger partial charge in [-0.25, -0.2) is 0 Å². The molecule has 2 saturated heterocycles. The van der Waals surface area contributed by atoms with Crippen LogP contribution in [0, 0.1) is 0 Å². The van der Waals surface area contributed by atoms with Crippen LogP contribution in [0.1, 0.15) is 5.56 Å². The quantitative estimate of drug-likeness (QED) is 0.646. The molecule has 2 fully saturated rings. The number of piperazine rings is 1. The van der Waals surface area contributed by atoms with Gasteiger partial charge < -0.3 is 19.6 Å². The van der Waals surface area contributed by atoms with Crippen molar-refractivity contribution >= 4 is 52.2 Å². The van der Waals surface area contributed by atoms with Gasteiger partial charge in [0.15, 0.2) is 11.5 Å². The van der Waals surface area contributed by atoms with Gasteiger partial charge in [0, 0.05) is 31.9 Å². The number of nitrogens with zero attached hydrogens (tertiary/aromatic N) is 3. The van der Waals surface area contributed by atoms with Crippen LogP contribution in [0.15, 0.2) is 47.4 Å². The lowest BCUT2D eigenvalue weighted by atomic mass is 10.2. The molecule has 0 aliphatic carbocycles. The maximum atomic E-state index is 12.8. The molecule has 2 aliphatic rings. The van der Waals surface area contributed by atoms with Gasteiger partial charge in [-0.15, -0.1) is 0 Å². The maximum Gasteiger partial charge on any atom is 0.294 e. The molecule has 3 amide bonds. The number of phenols is 1. The molecule has 1 N–H and O–H groups in total. The number of anilines is 1. The van der Waals surface area contributed by atoms with Gasteiger partial charge in [0.2, 0.25) is 5.91 Å². The molecule has 0 aromatic heterocycles. The molecule has 0 bridgehead atoms. The lowest BCUT2D eigenvalue weighted by Crippen LogP contribution is -2.51. The largest absolute Gasteiger partial charge is 0.503 e. The van der Waals surface area contributed by atoms with E-state index in [4.69, 9.17) is 16.3 Å². The normalized spacial score (nSPS) is 17.8. The second kappa shape index (κ2) is 9.76. The molecule has 0 unspecified atom stereocenters. The summed E-state index contributed by atoms with van der Waals surface area (Å²) < 4.78 is 5.07. The summed E-state index contributed by atoms with van der Waals surface area (Å²) in [6.07, 6.45) is 1.49. The van der Waals surface area contributed by atoms with Gasteiger partial charge in [0.1, 0.15) is 6.54 Å². The van der Waals surface area contributed by atoms with Gasteiger partial charge in [-0.2, -0.15) is 0 Å². The Morgan fingerprint density at radius 3 is 2.52 bits per heavy atom. The Balaban J connectivity index is 1.40. The molecule has 4 rings (SSSR count). The van der Waals surface area contributed by atoms with Crippen LogP contribution in [0.5, 0.6) is 11.5 Å². The highest BCUT2D eigenvalue weighted by Gasteiger charge is 2.37. The number of carbonyl (C=O) groups is 3. The van der Waals surface area contributed by atoms with Crippen molar-refractivity contribution in [2.75, 3.05) is 44.7 Å². The predicted molar refractivity (Wildman–Crippen MR) is 128 cm³/mol. The number of hydrogen-bond acceptors (Lipinski definition) is 7. The molecule has 2 aromatic rings. The molecule has 2 aromatic carbocycles. The van der Waals surface area contributed by atoms with Gasteiger partial charge in [-0.05, 0) is 47.7 Å². The van der Waals surface area contributed by atoms with Crippen molar-refractivity contribution in [3.8, 4) is 11.5 Å². The van der Waals surface area contributed by atoms with Crippen LogP contribution >= 0.6 is 23.4 Å². The Bertz CT molecular complexity index is 1120. The fourth-order valence-corrected chi connectivity index (χ4v) is 4.77. The highest BCUT2D eigenvalue weighted by atomic mass is 35.5. The molecular formula is C23H22ClN3O5S. The summed E-state index contributed by atoms with van der Waals surface area (Å²) in [4.78, 5) is 43.0. The van der Waals surface area contributed by atoms with Crippen molar-refractivity contribution in [2.24, 2.45) is 0 Å². The van der Waals surface area contributed by atoms with E-state index in [1.807, 2.05) is 30.3 Å². The summed E-state index contributed by atoms with van der Waals surface area (Å²) in [5, 5.41) is 9.43. The van der Waals surface area contributed by atoms with E-state index >= 15 is 0 Å². The average molecular weight is 488 g/mol. The van der Waals surface area contributed by atoms with E-state index in [0.717, 1.165) is 22.3 Å². The van der Waals surface area contributed by atoms with Crippen molar-refractivity contribution in [3.05, 3.63) is 58.0 Å². The smallest absolute Gasteiger partial charge is 0.294 e. The number of para-hydroxylation sites is 1. The fraction of sp³-hybridized carbons (Fsp3) is 0.261. The second-order valence-corrected chi connectivity index (χ2v) is 8.93. The van der Waals surface area contributed by atoms with Crippen molar-refractivity contribution < 1.29 is 24.2 Å². The summed E-state index contributed by atoms with van der Waals surface area (Å²) in [5.41, 5.74) is 1.59. The molecule has 10 heteroatoms. The molecule has 2 aliphatic heterocycles. The molecule has 2 heterocycles. The number of rotatable bonds is 5. The number of halogens is 1. The summed E-state index contributed by atoms with van der Waals surface area (Å²) in [7, 11) is 1.38. The molecular weight excluding hydrogens is 466 g/mol. The monoisotopic (exact) mass is 487 g/mol. The number of imide groups is 1.